The molecule has 1 aromatic carbocycles. The topological polar surface area (TPSA) is 41.5 Å². The lowest BCUT2D eigenvalue weighted by Crippen LogP contribution is -2.16. The van der Waals surface area contributed by atoms with E-state index in [-0.39, 0.29) is 5.91 Å². The third-order valence-electron chi connectivity index (χ3n) is 4.39. The van der Waals surface area contributed by atoms with Crippen molar-refractivity contribution in [2.24, 2.45) is 5.10 Å². The van der Waals surface area contributed by atoms with Crippen LogP contribution in [0.1, 0.15) is 89.5 Å². The summed E-state index contributed by atoms with van der Waals surface area (Å²) in [6.45, 7) is 2.25. The number of carbonyl (C=O) groups is 1. The van der Waals surface area contributed by atoms with Crippen LogP contribution in [0.3, 0.4) is 0 Å². The molecule has 0 fully saturated rings. The number of amides is 1. The van der Waals surface area contributed by atoms with Crippen LogP contribution in [0.2, 0.25) is 10.0 Å². The van der Waals surface area contributed by atoms with Crippen LogP contribution >= 0.6 is 23.2 Å². The van der Waals surface area contributed by atoms with E-state index in [0.717, 1.165) is 12.8 Å². The van der Waals surface area contributed by atoms with E-state index in [2.05, 4.69) is 17.5 Å². The van der Waals surface area contributed by atoms with Crippen LogP contribution < -0.4 is 5.43 Å². The third-order valence-corrected chi connectivity index (χ3v) is 5.05. The number of carbonyl (C=O) groups excluding carboxylic acids is 1. The Morgan fingerprint density at radius 1 is 0.923 bits per heavy atom. The second-order valence-corrected chi connectivity index (χ2v) is 7.53. The molecule has 1 N–H and O–H groups in total. The lowest BCUT2D eigenvalue weighted by atomic mass is 10.1. The number of benzene rings is 1. The maximum Gasteiger partial charge on any atom is 0.240 e. The zero-order chi connectivity index (χ0) is 19.0. The summed E-state index contributed by atoms with van der Waals surface area (Å²) in [4.78, 5) is 11.8. The van der Waals surface area contributed by atoms with Crippen molar-refractivity contribution in [3.05, 3.63) is 33.8 Å². The van der Waals surface area contributed by atoms with E-state index in [1.54, 1.807) is 18.2 Å². The van der Waals surface area contributed by atoms with E-state index in [1.165, 1.54) is 64.0 Å². The normalized spacial score (nSPS) is 11.2. The van der Waals surface area contributed by atoms with E-state index in [9.17, 15) is 4.79 Å². The second kappa shape index (κ2) is 15.0. The highest BCUT2D eigenvalue weighted by Crippen LogP contribution is 2.22. The highest BCUT2D eigenvalue weighted by Gasteiger charge is 2.03. The first kappa shape index (κ1) is 23.0. The average Bonchev–Trinajstić information content (AvgIpc) is 2.62. The Bertz CT molecular complexity index is 527. The summed E-state index contributed by atoms with van der Waals surface area (Å²) in [6.07, 6.45) is 16.0. The lowest BCUT2D eigenvalue weighted by Gasteiger charge is -2.03. The molecule has 0 aromatic heterocycles. The van der Waals surface area contributed by atoms with Gasteiger partial charge in [-0.1, -0.05) is 100 Å². The Balaban J connectivity index is 2.01. The van der Waals surface area contributed by atoms with Crippen molar-refractivity contribution in [3.8, 4) is 0 Å². The quantitative estimate of drug-likeness (QED) is 0.202. The minimum Gasteiger partial charge on any atom is -0.273 e. The summed E-state index contributed by atoms with van der Waals surface area (Å²) in [5, 5.41) is 4.97. The standard InChI is InChI=1S/C21H32Cl2N2O/c1-2-3-4-5-6-7-8-9-10-11-12-16-21(26)25-24-17-18-19(22)14-13-15-20(18)23/h13-15,17H,2-12,16H2,1H3,(H,25,26)/b24-17-. The first-order chi connectivity index (χ1) is 12.6. The van der Waals surface area contributed by atoms with Crippen molar-refractivity contribution < 1.29 is 4.79 Å². The Labute approximate surface area is 168 Å². The SMILES string of the molecule is CCCCCCCCCCCCCC(=O)N/N=C\c1c(Cl)cccc1Cl. The Kier molecular flexibility index (Phi) is 13.3. The van der Waals surface area contributed by atoms with Gasteiger partial charge in [0.2, 0.25) is 5.91 Å². The molecule has 0 spiro atoms. The van der Waals surface area contributed by atoms with Gasteiger partial charge in [-0.15, -0.1) is 0 Å². The number of hydrogen-bond acceptors (Lipinski definition) is 2. The molecule has 0 unspecified atom stereocenters. The largest absolute Gasteiger partial charge is 0.273 e. The molecule has 0 saturated heterocycles. The summed E-state index contributed by atoms with van der Waals surface area (Å²) >= 11 is 12.1. The molecule has 3 nitrogen and oxygen atoms in total. The number of nitrogens with one attached hydrogen (secondary N) is 1. The minimum atomic E-state index is -0.0691. The van der Waals surface area contributed by atoms with Crippen molar-refractivity contribution in [2.75, 3.05) is 0 Å². The van der Waals surface area contributed by atoms with E-state index >= 15 is 0 Å². The molecule has 1 amide bonds. The molecule has 146 valence electrons. The first-order valence-electron chi connectivity index (χ1n) is 9.91. The molecule has 26 heavy (non-hydrogen) atoms. The Hall–Kier alpha value is -1.06. The molecule has 0 heterocycles. The van der Waals surface area contributed by atoms with Gasteiger partial charge in [0.25, 0.3) is 0 Å². The second-order valence-electron chi connectivity index (χ2n) is 6.71. The first-order valence-corrected chi connectivity index (χ1v) is 10.7. The molecule has 0 saturated carbocycles. The third kappa shape index (κ3) is 10.8. The van der Waals surface area contributed by atoms with Crippen LogP contribution in [-0.4, -0.2) is 12.1 Å². The molecular weight excluding hydrogens is 367 g/mol. The van der Waals surface area contributed by atoms with Gasteiger partial charge in [-0.2, -0.15) is 5.10 Å². The number of rotatable bonds is 14. The zero-order valence-corrected chi connectivity index (χ0v) is 17.4. The highest BCUT2D eigenvalue weighted by atomic mass is 35.5. The van der Waals surface area contributed by atoms with Crippen LogP contribution in [0.4, 0.5) is 0 Å². The lowest BCUT2D eigenvalue weighted by molar-refractivity contribution is -0.121. The Morgan fingerprint density at radius 2 is 1.42 bits per heavy atom. The van der Waals surface area contributed by atoms with E-state index < -0.39 is 0 Å². The predicted octanol–water partition coefficient (Wildman–Crippen LogP) is 7.14. The molecule has 0 aliphatic carbocycles. The van der Waals surface area contributed by atoms with Crippen LogP contribution in [0.5, 0.6) is 0 Å². The van der Waals surface area contributed by atoms with E-state index in [0.29, 0.717) is 22.0 Å². The van der Waals surface area contributed by atoms with Gasteiger partial charge >= 0.3 is 0 Å². The van der Waals surface area contributed by atoms with Crippen molar-refractivity contribution in [1.82, 2.24) is 5.43 Å². The molecule has 0 atom stereocenters. The van der Waals surface area contributed by atoms with Gasteiger partial charge < -0.3 is 0 Å². The molecule has 0 bridgehead atoms. The summed E-state index contributed by atoms with van der Waals surface area (Å²) in [5.41, 5.74) is 3.15. The molecular formula is C21H32Cl2N2O. The Morgan fingerprint density at radius 3 is 1.96 bits per heavy atom. The van der Waals surface area contributed by atoms with Crippen LogP contribution in [0.25, 0.3) is 0 Å². The zero-order valence-electron chi connectivity index (χ0n) is 15.9. The highest BCUT2D eigenvalue weighted by molar-refractivity contribution is 6.38. The summed E-state index contributed by atoms with van der Waals surface area (Å²) in [6, 6.07) is 5.25. The monoisotopic (exact) mass is 398 g/mol. The number of hydrogen-bond donors (Lipinski definition) is 1. The maximum absolute atomic E-state index is 11.8. The number of unbranched alkanes of at least 4 members (excludes halogenated alkanes) is 10. The van der Waals surface area contributed by atoms with Gasteiger partial charge in [-0.25, -0.2) is 5.43 Å². The van der Waals surface area contributed by atoms with Crippen molar-refractivity contribution in [2.45, 2.75) is 84.0 Å². The van der Waals surface area contributed by atoms with Gasteiger partial charge in [-0.3, -0.25) is 4.79 Å². The van der Waals surface area contributed by atoms with Gasteiger partial charge in [-0.05, 0) is 18.6 Å². The smallest absolute Gasteiger partial charge is 0.240 e. The summed E-state index contributed by atoms with van der Waals surface area (Å²) in [5.74, 6) is -0.0691. The van der Waals surface area contributed by atoms with E-state index in [1.807, 2.05) is 0 Å². The van der Waals surface area contributed by atoms with E-state index in [4.69, 9.17) is 23.2 Å². The maximum atomic E-state index is 11.8. The molecule has 1 aromatic rings. The molecule has 1 rings (SSSR count). The number of nitrogens with zero attached hydrogens (tertiary/aromatic N) is 1. The summed E-state index contributed by atoms with van der Waals surface area (Å²) < 4.78 is 0. The van der Waals surface area contributed by atoms with Crippen LogP contribution in [-0.2, 0) is 4.79 Å². The number of halogens is 2. The molecule has 5 heteroatoms. The minimum absolute atomic E-state index is 0.0691. The van der Waals surface area contributed by atoms with Crippen molar-refractivity contribution in [3.63, 3.8) is 0 Å². The average molecular weight is 399 g/mol. The van der Waals surface area contributed by atoms with Crippen LogP contribution in [0.15, 0.2) is 23.3 Å². The van der Waals surface area contributed by atoms with Gasteiger partial charge in [0.05, 0.1) is 16.3 Å². The molecule has 0 radical (unpaired) electrons. The van der Waals surface area contributed by atoms with Gasteiger partial charge in [0.15, 0.2) is 0 Å². The predicted molar refractivity (Wildman–Crippen MR) is 113 cm³/mol. The number of hydrazone groups is 1. The molecule has 0 aliphatic heterocycles. The fraction of sp³-hybridized carbons (Fsp3) is 0.619. The van der Waals surface area contributed by atoms with Crippen molar-refractivity contribution in [1.29, 1.82) is 0 Å². The van der Waals surface area contributed by atoms with Gasteiger partial charge in [0, 0.05) is 12.0 Å². The van der Waals surface area contributed by atoms with Gasteiger partial charge in [0.1, 0.15) is 0 Å². The fourth-order valence-corrected chi connectivity index (χ4v) is 3.30. The molecule has 0 aliphatic rings. The van der Waals surface area contributed by atoms with Crippen molar-refractivity contribution >= 4 is 35.3 Å². The van der Waals surface area contributed by atoms with Crippen LogP contribution in [0, 0.1) is 0 Å². The fourth-order valence-electron chi connectivity index (χ4n) is 2.81. The summed E-state index contributed by atoms with van der Waals surface area (Å²) in [7, 11) is 0.